The number of nitrogens with one attached hydrogen (secondary N) is 4. The number of hydrogen-bond donors (Lipinski definition) is 6. The van der Waals surface area contributed by atoms with E-state index in [2.05, 4.69) is 36.7 Å². The quantitative estimate of drug-likeness (QED) is 0.0641. The molecular formula is C45H60N10O8. The van der Waals surface area contributed by atoms with E-state index < -0.39 is 65.2 Å². The number of aromatic nitrogens is 4. The minimum absolute atomic E-state index is 0.0111. The second-order valence-electron chi connectivity index (χ2n) is 18.3. The van der Waals surface area contributed by atoms with E-state index >= 15 is 0 Å². The maximum Gasteiger partial charge on any atom is 0.320 e. The second-order valence-corrected chi connectivity index (χ2v) is 18.3. The van der Waals surface area contributed by atoms with E-state index in [1.165, 1.54) is 15.8 Å². The summed E-state index contributed by atoms with van der Waals surface area (Å²) in [4.78, 5) is 82.6. The van der Waals surface area contributed by atoms with Crippen molar-refractivity contribution >= 4 is 52.0 Å². The Labute approximate surface area is 366 Å². The lowest BCUT2D eigenvalue weighted by molar-refractivity contribution is -0.142. The average Bonchev–Trinajstić information content (AvgIpc) is 4.03. The maximum atomic E-state index is 14.9. The lowest BCUT2D eigenvalue weighted by Gasteiger charge is -2.32. The summed E-state index contributed by atoms with van der Waals surface area (Å²) >= 11 is 0. The van der Waals surface area contributed by atoms with Crippen molar-refractivity contribution in [3.63, 3.8) is 0 Å². The Kier molecular flexibility index (Phi) is 14.6. The molecule has 1 saturated carbocycles. The summed E-state index contributed by atoms with van der Waals surface area (Å²) in [5, 5.41) is 36.0. The number of ketones is 1. The minimum atomic E-state index is -1.36. The van der Waals surface area contributed by atoms with Gasteiger partial charge in [-0.3, -0.25) is 29.3 Å². The van der Waals surface area contributed by atoms with Crippen molar-refractivity contribution in [1.82, 2.24) is 41.0 Å². The number of carbonyl (C=O) groups excluding carboxylic acids is 6. The Morgan fingerprint density at radius 3 is 2.33 bits per heavy atom. The Hall–Kier alpha value is -6.17. The smallest absolute Gasteiger partial charge is 0.320 e. The fourth-order valence-corrected chi connectivity index (χ4v) is 8.42. The van der Waals surface area contributed by atoms with Crippen molar-refractivity contribution in [1.29, 1.82) is 0 Å². The summed E-state index contributed by atoms with van der Waals surface area (Å²) in [5.41, 5.74) is 4.53. The van der Waals surface area contributed by atoms with Crippen molar-refractivity contribution < 1.29 is 38.4 Å². The lowest BCUT2D eigenvalue weighted by Crippen LogP contribution is -2.56. The Morgan fingerprint density at radius 1 is 0.921 bits per heavy atom. The summed E-state index contributed by atoms with van der Waals surface area (Å²) < 4.78 is 6.80. The van der Waals surface area contributed by atoms with E-state index in [0.29, 0.717) is 36.3 Å². The third kappa shape index (κ3) is 11.9. The highest BCUT2D eigenvalue weighted by atomic mass is 16.5. The van der Waals surface area contributed by atoms with Gasteiger partial charge in [0, 0.05) is 36.6 Å². The van der Waals surface area contributed by atoms with Gasteiger partial charge in [0.25, 0.3) is 11.8 Å². The van der Waals surface area contributed by atoms with Crippen LogP contribution in [0, 0.1) is 5.92 Å². The second kappa shape index (κ2) is 19.9. The Morgan fingerprint density at radius 2 is 1.65 bits per heavy atom. The molecular weight excluding hydrogens is 809 g/mol. The number of nitrogens with two attached hydrogens (primary N) is 1. The third-order valence-electron chi connectivity index (χ3n) is 11.9. The van der Waals surface area contributed by atoms with Crippen molar-refractivity contribution in [3.8, 4) is 0 Å². The van der Waals surface area contributed by atoms with Gasteiger partial charge < -0.3 is 36.2 Å². The predicted molar refractivity (Wildman–Crippen MR) is 233 cm³/mol. The van der Waals surface area contributed by atoms with Crippen LogP contribution < -0.4 is 27.0 Å². The number of carbonyl (C=O) groups is 6. The van der Waals surface area contributed by atoms with E-state index in [0.717, 1.165) is 42.9 Å². The van der Waals surface area contributed by atoms with Gasteiger partial charge in [0.1, 0.15) is 23.4 Å². The molecule has 4 atom stereocenters. The fraction of sp³-hybridized carbons (Fsp3) is 0.533. The molecule has 18 heteroatoms. The molecule has 2 aromatic heterocycles. The average molecular weight is 869 g/mol. The normalized spacial score (nSPS) is 18.1. The molecule has 2 fully saturated rings. The van der Waals surface area contributed by atoms with Crippen molar-refractivity contribution in [2.75, 3.05) is 18.4 Å². The summed E-state index contributed by atoms with van der Waals surface area (Å²) in [7, 11) is 0. The Balaban J connectivity index is 1.19. The van der Waals surface area contributed by atoms with Gasteiger partial charge in [-0.05, 0) is 68.4 Å². The third-order valence-corrected chi connectivity index (χ3v) is 11.9. The molecule has 1 saturated heterocycles. The van der Waals surface area contributed by atoms with Gasteiger partial charge in [-0.25, -0.2) is 9.48 Å². The zero-order valence-corrected chi connectivity index (χ0v) is 36.7. The highest BCUT2D eigenvalue weighted by molar-refractivity contribution is 6.37. The van der Waals surface area contributed by atoms with E-state index in [1.54, 1.807) is 32.0 Å². The molecule has 0 spiro atoms. The SMILES string of the molecule is CC(C)(C)c1cc(NC(=O)NCCCCC(NC(=O)[C@@H]2C[C@H](n3nncc3C(C)(C)O)CN2C(=O)C(CC2CCCCC2)NC(=O)c2ccc3ccccc3c2)C(=O)C(N)=O)no1. The zero-order chi connectivity index (χ0) is 45.5. The minimum Gasteiger partial charge on any atom is -0.384 e. The standard InChI is InChI=1S/C45H60N10O8/c1-44(2,3)36-24-37(52-63-36)51-43(61)47-20-12-11-17-32(38(56)39(46)57)49-41(59)34-23-31(55-35(25-48-53-55)45(4,5)62)26-54(34)42(60)33(21-27-13-7-6-8-14-27)50-40(58)30-19-18-28-15-9-10-16-29(28)22-30/h9-10,15-16,18-19,22,24-25,27,31-34,62H,6-8,11-14,17,20-21,23,26H2,1-5H3,(H2,46,57)(H,49,59)(H,50,58)(H2,47,51,52,61)/t31-,32?,33?,34-/m0/s1. The number of amides is 6. The summed E-state index contributed by atoms with van der Waals surface area (Å²) in [6, 6.07) is 10.0. The number of benzene rings is 2. The van der Waals surface area contributed by atoms with Gasteiger partial charge in [-0.15, -0.1) is 5.10 Å². The topological polar surface area (TPSA) is 257 Å². The molecule has 1 aliphatic heterocycles. The molecule has 2 aromatic carbocycles. The number of primary amides is 1. The van der Waals surface area contributed by atoms with Gasteiger partial charge in [-0.2, -0.15) is 0 Å². The summed E-state index contributed by atoms with van der Waals surface area (Å²) in [5.74, 6) is -2.85. The van der Waals surface area contributed by atoms with Crippen LogP contribution in [0.25, 0.3) is 10.8 Å². The van der Waals surface area contributed by atoms with Crippen LogP contribution in [-0.4, -0.2) is 96.8 Å². The number of likely N-dealkylation sites (tertiary alicyclic amines) is 1. The molecule has 2 aliphatic rings. The number of unbranched alkanes of at least 4 members (excludes halogenated alkanes) is 1. The van der Waals surface area contributed by atoms with Gasteiger partial charge in [-0.1, -0.05) is 93.6 Å². The molecule has 1 aliphatic carbocycles. The zero-order valence-electron chi connectivity index (χ0n) is 36.7. The highest BCUT2D eigenvalue weighted by Crippen LogP contribution is 2.34. The van der Waals surface area contributed by atoms with E-state index in [-0.39, 0.29) is 43.1 Å². The van der Waals surface area contributed by atoms with Crippen LogP contribution in [0.5, 0.6) is 0 Å². The van der Waals surface area contributed by atoms with E-state index in [1.807, 2.05) is 51.1 Å². The molecule has 7 N–H and O–H groups in total. The molecule has 6 amide bonds. The summed E-state index contributed by atoms with van der Waals surface area (Å²) in [6.45, 7) is 9.18. The predicted octanol–water partition coefficient (Wildman–Crippen LogP) is 4.39. The number of hydrogen-bond acceptors (Lipinski definition) is 11. The molecule has 2 unspecified atom stereocenters. The number of urea groups is 1. The molecule has 0 radical (unpaired) electrons. The molecule has 0 bridgehead atoms. The number of rotatable bonds is 17. The first-order valence-electron chi connectivity index (χ1n) is 21.8. The van der Waals surface area contributed by atoms with Gasteiger partial charge in [0.2, 0.25) is 17.6 Å². The van der Waals surface area contributed by atoms with Gasteiger partial charge in [0.05, 0.1) is 24.0 Å². The van der Waals surface area contributed by atoms with Crippen LogP contribution in [0.15, 0.2) is 59.3 Å². The highest BCUT2D eigenvalue weighted by Gasteiger charge is 2.45. The Bertz CT molecular complexity index is 2290. The van der Waals surface area contributed by atoms with Crippen molar-refractivity contribution in [3.05, 3.63) is 71.7 Å². The summed E-state index contributed by atoms with van der Waals surface area (Å²) in [6.07, 6.45) is 7.39. The first kappa shape index (κ1) is 46.3. The van der Waals surface area contributed by atoms with Crippen molar-refractivity contribution in [2.45, 2.75) is 134 Å². The molecule has 338 valence electrons. The van der Waals surface area contributed by atoms with Crippen LogP contribution in [-0.2, 0) is 30.2 Å². The number of nitrogens with zero attached hydrogens (tertiary/aromatic N) is 5. The van der Waals surface area contributed by atoms with Crippen molar-refractivity contribution in [2.24, 2.45) is 11.7 Å². The number of aliphatic hydroxyl groups is 1. The van der Waals surface area contributed by atoms with Crippen LogP contribution in [0.2, 0.25) is 0 Å². The van der Waals surface area contributed by atoms with Crippen LogP contribution in [0.1, 0.15) is 127 Å². The van der Waals surface area contributed by atoms with Crippen LogP contribution in [0.3, 0.4) is 0 Å². The van der Waals surface area contributed by atoms with Crippen LogP contribution >= 0.6 is 0 Å². The van der Waals surface area contributed by atoms with Gasteiger partial charge >= 0.3 is 6.03 Å². The first-order chi connectivity index (χ1) is 29.9. The molecule has 4 aromatic rings. The maximum absolute atomic E-state index is 14.9. The van der Waals surface area contributed by atoms with E-state index in [9.17, 15) is 33.9 Å². The largest absolute Gasteiger partial charge is 0.384 e. The first-order valence-corrected chi connectivity index (χ1v) is 21.8. The molecule has 18 nitrogen and oxygen atoms in total. The van der Waals surface area contributed by atoms with E-state index in [4.69, 9.17) is 10.3 Å². The molecule has 63 heavy (non-hydrogen) atoms. The molecule has 3 heterocycles. The number of fused-ring (bicyclic) bond motifs is 1. The number of Topliss-reactive ketones (excluding diaryl/α,β-unsaturated/α-hetero) is 1. The number of anilines is 1. The molecule has 6 rings (SSSR count). The lowest BCUT2D eigenvalue weighted by atomic mass is 9.84. The fourth-order valence-electron chi connectivity index (χ4n) is 8.42. The monoisotopic (exact) mass is 868 g/mol. The van der Waals surface area contributed by atoms with Crippen LogP contribution in [0.4, 0.5) is 10.6 Å². The van der Waals surface area contributed by atoms with Gasteiger partial charge in [0.15, 0.2) is 5.82 Å².